The molecule has 3 heterocycles. The Morgan fingerprint density at radius 1 is 1.17 bits per heavy atom. The van der Waals surface area contributed by atoms with Crippen LogP contribution >= 0.6 is 0 Å². The highest BCUT2D eigenvalue weighted by atomic mass is 16.2. The maximum Gasteiger partial charge on any atom is 0.230 e. The number of pyridine rings is 1. The molecule has 2 aromatic heterocycles. The SMILES string of the molecule is Cc1cc(NC(=O)C2CC(=O)N(C(C)(C)C)C2)n(-c2ccc3ccccc3n2)n1. The summed E-state index contributed by atoms with van der Waals surface area (Å²) in [6.45, 7) is 8.24. The lowest BCUT2D eigenvalue weighted by atomic mass is 10.1. The van der Waals surface area contributed by atoms with Gasteiger partial charge in [0.15, 0.2) is 5.82 Å². The zero-order chi connectivity index (χ0) is 20.8. The zero-order valence-corrected chi connectivity index (χ0v) is 17.1. The molecule has 2 amide bonds. The van der Waals surface area contributed by atoms with Crippen LogP contribution < -0.4 is 5.32 Å². The normalized spacial score (nSPS) is 17.2. The van der Waals surface area contributed by atoms with Gasteiger partial charge in [0.05, 0.1) is 17.1 Å². The fraction of sp³-hybridized carbons (Fsp3) is 0.364. The topological polar surface area (TPSA) is 80.1 Å². The first-order valence-electron chi connectivity index (χ1n) is 9.76. The second-order valence-electron chi connectivity index (χ2n) is 8.51. The number of aryl methyl sites for hydroxylation is 1. The molecular formula is C22H25N5O2. The average Bonchev–Trinajstić information content (AvgIpc) is 3.24. The Morgan fingerprint density at radius 2 is 1.93 bits per heavy atom. The van der Waals surface area contributed by atoms with Crippen molar-refractivity contribution in [2.45, 2.75) is 39.7 Å². The minimum atomic E-state index is -0.380. The minimum absolute atomic E-state index is 0.0125. The number of rotatable bonds is 3. The lowest BCUT2D eigenvalue weighted by Crippen LogP contribution is -2.42. The van der Waals surface area contributed by atoms with E-state index in [1.807, 2.05) is 70.2 Å². The van der Waals surface area contributed by atoms with E-state index < -0.39 is 0 Å². The van der Waals surface area contributed by atoms with Gasteiger partial charge in [0, 0.05) is 30.0 Å². The summed E-state index contributed by atoms with van der Waals surface area (Å²) in [7, 11) is 0. The lowest BCUT2D eigenvalue weighted by Gasteiger charge is -2.31. The third-order valence-corrected chi connectivity index (χ3v) is 5.19. The van der Waals surface area contributed by atoms with Crippen LogP contribution in [0.4, 0.5) is 5.82 Å². The van der Waals surface area contributed by atoms with E-state index in [2.05, 4.69) is 15.4 Å². The van der Waals surface area contributed by atoms with E-state index in [0.717, 1.165) is 16.6 Å². The van der Waals surface area contributed by atoms with E-state index in [0.29, 0.717) is 18.2 Å². The maximum atomic E-state index is 12.9. The fourth-order valence-corrected chi connectivity index (χ4v) is 3.70. The number of hydrogen-bond acceptors (Lipinski definition) is 4. The van der Waals surface area contributed by atoms with Crippen LogP contribution in [0.3, 0.4) is 0 Å². The van der Waals surface area contributed by atoms with Gasteiger partial charge < -0.3 is 10.2 Å². The molecule has 1 unspecified atom stereocenters. The molecule has 29 heavy (non-hydrogen) atoms. The molecule has 150 valence electrons. The highest BCUT2D eigenvalue weighted by Crippen LogP contribution is 2.27. The van der Waals surface area contributed by atoms with Gasteiger partial charge in [-0.1, -0.05) is 18.2 Å². The molecule has 1 fully saturated rings. The first-order valence-corrected chi connectivity index (χ1v) is 9.76. The van der Waals surface area contributed by atoms with Crippen molar-refractivity contribution in [2.75, 3.05) is 11.9 Å². The molecule has 0 aliphatic carbocycles. The quantitative estimate of drug-likeness (QED) is 0.743. The summed E-state index contributed by atoms with van der Waals surface area (Å²) in [6.07, 6.45) is 0.227. The molecule has 0 spiro atoms. The number of likely N-dealkylation sites (tertiary alicyclic amines) is 1. The van der Waals surface area contributed by atoms with Crippen LogP contribution in [0.5, 0.6) is 0 Å². The van der Waals surface area contributed by atoms with Crippen LogP contribution in [0.15, 0.2) is 42.5 Å². The Kier molecular flexibility index (Phi) is 4.61. The van der Waals surface area contributed by atoms with Gasteiger partial charge in [0.1, 0.15) is 5.82 Å². The molecule has 7 heteroatoms. The van der Waals surface area contributed by atoms with E-state index in [1.165, 1.54) is 0 Å². The minimum Gasteiger partial charge on any atom is -0.337 e. The van der Waals surface area contributed by atoms with Crippen molar-refractivity contribution in [3.63, 3.8) is 0 Å². The van der Waals surface area contributed by atoms with Crippen molar-refractivity contribution in [1.82, 2.24) is 19.7 Å². The largest absolute Gasteiger partial charge is 0.337 e. The van der Waals surface area contributed by atoms with Gasteiger partial charge in [0.2, 0.25) is 11.8 Å². The standard InChI is InChI=1S/C22H25N5O2/c1-14-11-19(24-21(29)16-12-20(28)26(13-16)22(2,3)4)27(25-14)18-10-9-15-7-5-6-8-17(15)23-18/h5-11,16H,12-13H2,1-4H3,(H,24,29). The number of nitrogens with one attached hydrogen (secondary N) is 1. The highest BCUT2D eigenvalue weighted by Gasteiger charge is 2.39. The van der Waals surface area contributed by atoms with Gasteiger partial charge >= 0.3 is 0 Å². The molecule has 1 aliphatic heterocycles. The third kappa shape index (κ3) is 3.72. The number of nitrogens with zero attached hydrogens (tertiary/aromatic N) is 4. The molecule has 7 nitrogen and oxygen atoms in total. The van der Waals surface area contributed by atoms with Gasteiger partial charge in [-0.05, 0) is 45.9 Å². The summed E-state index contributed by atoms with van der Waals surface area (Å²) in [5, 5.41) is 8.49. The monoisotopic (exact) mass is 391 g/mol. The van der Waals surface area contributed by atoms with Gasteiger partial charge in [-0.3, -0.25) is 9.59 Å². The van der Waals surface area contributed by atoms with Crippen molar-refractivity contribution >= 4 is 28.5 Å². The molecule has 0 radical (unpaired) electrons. The van der Waals surface area contributed by atoms with E-state index >= 15 is 0 Å². The van der Waals surface area contributed by atoms with Crippen LogP contribution in [-0.4, -0.2) is 43.6 Å². The Hall–Kier alpha value is -3.22. The van der Waals surface area contributed by atoms with E-state index in [1.54, 1.807) is 9.58 Å². The maximum absolute atomic E-state index is 12.9. The van der Waals surface area contributed by atoms with Crippen molar-refractivity contribution in [3.8, 4) is 5.82 Å². The Labute approximate surface area is 169 Å². The van der Waals surface area contributed by atoms with Crippen LogP contribution in [0.2, 0.25) is 0 Å². The molecule has 1 N–H and O–H groups in total. The molecule has 4 rings (SSSR count). The summed E-state index contributed by atoms with van der Waals surface area (Å²) < 4.78 is 1.64. The van der Waals surface area contributed by atoms with Crippen LogP contribution in [0, 0.1) is 12.8 Å². The smallest absolute Gasteiger partial charge is 0.230 e. The number of hydrogen-bond donors (Lipinski definition) is 1. The number of amides is 2. The van der Waals surface area contributed by atoms with Crippen molar-refractivity contribution < 1.29 is 9.59 Å². The number of aromatic nitrogens is 3. The first-order chi connectivity index (χ1) is 13.7. The van der Waals surface area contributed by atoms with Gasteiger partial charge in [-0.25, -0.2) is 4.98 Å². The van der Waals surface area contributed by atoms with Gasteiger partial charge in [0.25, 0.3) is 0 Å². The predicted molar refractivity (Wildman–Crippen MR) is 112 cm³/mol. The average molecular weight is 391 g/mol. The number of benzene rings is 1. The number of para-hydroxylation sites is 1. The Bertz CT molecular complexity index is 1100. The van der Waals surface area contributed by atoms with E-state index in [4.69, 9.17) is 0 Å². The van der Waals surface area contributed by atoms with Gasteiger partial charge in [-0.15, -0.1) is 0 Å². The molecule has 0 bridgehead atoms. The molecule has 1 aliphatic rings. The number of anilines is 1. The molecular weight excluding hydrogens is 366 g/mol. The van der Waals surface area contributed by atoms with Crippen molar-refractivity contribution in [3.05, 3.63) is 48.2 Å². The highest BCUT2D eigenvalue weighted by molar-refractivity contribution is 5.97. The summed E-state index contributed by atoms with van der Waals surface area (Å²) in [5.41, 5.74) is 1.34. The molecule has 1 aromatic carbocycles. The number of fused-ring (bicyclic) bond motifs is 1. The predicted octanol–water partition coefficient (Wildman–Crippen LogP) is 3.31. The Morgan fingerprint density at radius 3 is 2.66 bits per heavy atom. The fourth-order valence-electron chi connectivity index (χ4n) is 3.70. The second-order valence-corrected chi connectivity index (χ2v) is 8.51. The number of carbonyl (C=O) groups is 2. The summed E-state index contributed by atoms with van der Waals surface area (Å²) in [5.74, 6) is 0.642. The molecule has 3 aromatic rings. The van der Waals surface area contributed by atoms with Crippen molar-refractivity contribution in [2.24, 2.45) is 5.92 Å². The number of carbonyl (C=O) groups excluding carboxylic acids is 2. The third-order valence-electron chi connectivity index (χ3n) is 5.19. The summed E-state index contributed by atoms with van der Waals surface area (Å²) in [4.78, 5) is 31.6. The van der Waals surface area contributed by atoms with Crippen LogP contribution in [0.1, 0.15) is 32.9 Å². The van der Waals surface area contributed by atoms with Crippen LogP contribution in [0.25, 0.3) is 16.7 Å². The second kappa shape index (κ2) is 6.99. The summed E-state index contributed by atoms with van der Waals surface area (Å²) >= 11 is 0. The first kappa shape index (κ1) is 19.1. The zero-order valence-electron chi connectivity index (χ0n) is 17.1. The van der Waals surface area contributed by atoms with Crippen LogP contribution in [-0.2, 0) is 9.59 Å². The van der Waals surface area contributed by atoms with E-state index in [9.17, 15) is 9.59 Å². The Balaban J connectivity index is 1.59. The molecule has 0 saturated carbocycles. The molecule has 1 saturated heterocycles. The lowest BCUT2D eigenvalue weighted by molar-refractivity contribution is -0.131. The van der Waals surface area contributed by atoms with Gasteiger partial charge in [-0.2, -0.15) is 9.78 Å². The molecule has 1 atom stereocenters. The summed E-state index contributed by atoms with van der Waals surface area (Å²) in [6, 6.07) is 13.5. The van der Waals surface area contributed by atoms with E-state index in [-0.39, 0.29) is 29.7 Å². The van der Waals surface area contributed by atoms with Crippen molar-refractivity contribution in [1.29, 1.82) is 0 Å².